The standard InChI is InChI=1S/C22H16N2O3/c1-26-22(25)16-10-7-11-17(14-16)27-21-19-13-6-5-12-18(19)20(23-24-21)15-8-3-2-4-9-15/h2-14H,1H3. The van der Waals surface area contributed by atoms with Gasteiger partial charge in [-0.15, -0.1) is 10.2 Å². The van der Waals surface area contributed by atoms with Crippen molar-refractivity contribution in [1.82, 2.24) is 10.2 Å². The molecule has 0 aliphatic carbocycles. The van der Waals surface area contributed by atoms with Crippen molar-refractivity contribution in [3.05, 3.63) is 84.4 Å². The molecule has 0 spiro atoms. The Bertz CT molecular complexity index is 1110. The lowest BCUT2D eigenvalue weighted by Crippen LogP contribution is -2.01. The molecule has 5 nitrogen and oxygen atoms in total. The number of nitrogens with zero attached hydrogens (tertiary/aromatic N) is 2. The van der Waals surface area contributed by atoms with Crippen LogP contribution in [-0.2, 0) is 4.74 Å². The summed E-state index contributed by atoms with van der Waals surface area (Å²) >= 11 is 0. The van der Waals surface area contributed by atoms with E-state index in [1.165, 1.54) is 7.11 Å². The maximum absolute atomic E-state index is 11.7. The zero-order valence-corrected chi connectivity index (χ0v) is 14.6. The van der Waals surface area contributed by atoms with E-state index in [0.717, 1.165) is 22.0 Å². The second kappa shape index (κ2) is 7.25. The highest BCUT2D eigenvalue weighted by atomic mass is 16.5. The second-order valence-corrected chi connectivity index (χ2v) is 5.89. The zero-order valence-electron chi connectivity index (χ0n) is 14.6. The number of ether oxygens (including phenoxy) is 2. The van der Waals surface area contributed by atoms with Crippen LogP contribution in [0.2, 0.25) is 0 Å². The van der Waals surface area contributed by atoms with Gasteiger partial charge in [0.05, 0.1) is 12.7 Å². The molecule has 1 heterocycles. The first kappa shape index (κ1) is 16.7. The van der Waals surface area contributed by atoms with Gasteiger partial charge in [0.1, 0.15) is 11.4 Å². The molecule has 0 amide bonds. The van der Waals surface area contributed by atoms with E-state index in [-0.39, 0.29) is 0 Å². The van der Waals surface area contributed by atoms with Gasteiger partial charge in [0.2, 0.25) is 5.88 Å². The minimum Gasteiger partial charge on any atom is -0.465 e. The van der Waals surface area contributed by atoms with Crippen LogP contribution < -0.4 is 4.74 Å². The van der Waals surface area contributed by atoms with E-state index in [2.05, 4.69) is 10.2 Å². The van der Waals surface area contributed by atoms with E-state index in [4.69, 9.17) is 9.47 Å². The summed E-state index contributed by atoms with van der Waals surface area (Å²) in [6, 6.07) is 24.5. The van der Waals surface area contributed by atoms with E-state index in [9.17, 15) is 4.79 Å². The van der Waals surface area contributed by atoms with Crippen LogP contribution in [0.3, 0.4) is 0 Å². The van der Waals surface area contributed by atoms with Gasteiger partial charge >= 0.3 is 5.97 Å². The van der Waals surface area contributed by atoms with Gasteiger partial charge in [0.15, 0.2) is 0 Å². The summed E-state index contributed by atoms with van der Waals surface area (Å²) in [5.41, 5.74) is 2.19. The van der Waals surface area contributed by atoms with Gasteiger partial charge in [0, 0.05) is 16.3 Å². The van der Waals surface area contributed by atoms with Crippen molar-refractivity contribution >= 4 is 16.7 Å². The molecule has 132 valence electrons. The predicted octanol–water partition coefficient (Wildman–Crippen LogP) is 4.88. The first-order chi connectivity index (χ1) is 13.3. The molecule has 0 aliphatic heterocycles. The molecular weight excluding hydrogens is 340 g/mol. The van der Waals surface area contributed by atoms with E-state index in [1.54, 1.807) is 24.3 Å². The SMILES string of the molecule is COC(=O)c1cccc(Oc2nnc(-c3ccccc3)c3ccccc23)c1. The van der Waals surface area contributed by atoms with Crippen LogP contribution in [0.4, 0.5) is 0 Å². The van der Waals surface area contributed by atoms with Crippen LogP contribution in [0, 0.1) is 0 Å². The fourth-order valence-corrected chi connectivity index (χ4v) is 2.88. The van der Waals surface area contributed by atoms with Gasteiger partial charge in [-0.25, -0.2) is 4.79 Å². The average Bonchev–Trinajstić information content (AvgIpc) is 2.74. The Morgan fingerprint density at radius 2 is 1.56 bits per heavy atom. The van der Waals surface area contributed by atoms with Gasteiger partial charge < -0.3 is 9.47 Å². The Labute approximate surface area is 156 Å². The number of esters is 1. The summed E-state index contributed by atoms with van der Waals surface area (Å²) in [6.45, 7) is 0. The number of hydrogen-bond acceptors (Lipinski definition) is 5. The Balaban J connectivity index is 1.77. The maximum Gasteiger partial charge on any atom is 0.337 e. The first-order valence-corrected chi connectivity index (χ1v) is 8.43. The third-order valence-corrected chi connectivity index (χ3v) is 4.17. The fraction of sp³-hybridized carbons (Fsp3) is 0.0455. The normalized spacial score (nSPS) is 10.6. The van der Waals surface area contributed by atoms with Crippen LogP contribution in [0.25, 0.3) is 22.0 Å². The van der Waals surface area contributed by atoms with Crippen molar-refractivity contribution in [3.8, 4) is 22.9 Å². The Hall–Kier alpha value is -3.73. The van der Waals surface area contributed by atoms with Crippen molar-refractivity contribution in [1.29, 1.82) is 0 Å². The summed E-state index contributed by atoms with van der Waals surface area (Å²) in [7, 11) is 1.34. The summed E-state index contributed by atoms with van der Waals surface area (Å²) in [5, 5.41) is 10.4. The highest BCUT2D eigenvalue weighted by molar-refractivity contribution is 5.97. The summed E-state index contributed by atoms with van der Waals surface area (Å²) < 4.78 is 10.7. The molecule has 1 aromatic heterocycles. The number of benzene rings is 3. The van der Waals surface area contributed by atoms with Gasteiger partial charge in [-0.2, -0.15) is 0 Å². The third kappa shape index (κ3) is 3.35. The molecule has 0 unspecified atom stereocenters. The summed E-state index contributed by atoms with van der Waals surface area (Å²) in [6.07, 6.45) is 0. The molecule has 0 bridgehead atoms. The van der Waals surface area contributed by atoms with Gasteiger partial charge in [-0.3, -0.25) is 0 Å². The molecule has 27 heavy (non-hydrogen) atoms. The number of fused-ring (bicyclic) bond motifs is 1. The molecule has 0 fully saturated rings. The van der Waals surface area contributed by atoms with Crippen LogP contribution in [0.1, 0.15) is 10.4 Å². The molecule has 5 heteroatoms. The summed E-state index contributed by atoms with van der Waals surface area (Å²) in [4.78, 5) is 11.7. The largest absolute Gasteiger partial charge is 0.465 e. The van der Waals surface area contributed by atoms with Gasteiger partial charge in [-0.05, 0) is 24.3 Å². The van der Waals surface area contributed by atoms with Crippen molar-refractivity contribution in [2.24, 2.45) is 0 Å². The second-order valence-electron chi connectivity index (χ2n) is 5.89. The predicted molar refractivity (Wildman–Crippen MR) is 103 cm³/mol. The number of aromatic nitrogens is 2. The number of rotatable bonds is 4. The van der Waals surface area contributed by atoms with Crippen molar-refractivity contribution in [2.75, 3.05) is 7.11 Å². The van der Waals surface area contributed by atoms with Crippen LogP contribution in [-0.4, -0.2) is 23.3 Å². The monoisotopic (exact) mass is 356 g/mol. The molecular formula is C22H16N2O3. The minimum atomic E-state index is -0.421. The van der Waals surface area contributed by atoms with E-state index >= 15 is 0 Å². The lowest BCUT2D eigenvalue weighted by Gasteiger charge is -2.11. The topological polar surface area (TPSA) is 61.3 Å². The summed E-state index contributed by atoms with van der Waals surface area (Å²) in [5.74, 6) is 0.452. The molecule has 3 aromatic carbocycles. The quantitative estimate of drug-likeness (QED) is 0.488. The van der Waals surface area contributed by atoms with E-state index < -0.39 is 5.97 Å². The Kier molecular flexibility index (Phi) is 4.49. The van der Waals surface area contributed by atoms with E-state index in [1.807, 2.05) is 54.6 Å². The Morgan fingerprint density at radius 3 is 2.33 bits per heavy atom. The Morgan fingerprint density at radius 1 is 0.815 bits per heavy atom. The molecule has 0 saturated carbocycles. The number of carbonyl (C=O) groups is 1. The maximum atomic E-state index is 11.7. The van der Waals surface area contributed by atoms with Crippen LogP contribution >= 0.6 is 0 Å². The molecule has 0 aliphatic rings. The smallest absolute Gasteiger partial charge is 0.337 e. The minimum absolute atomic E-state index is 0.382. The molecule has 4 aromatic rings. The number of carbonyl (C=O) groups excluding carboxylic acids is 1. The highest BCUT2D eigenvalue weighted by Crippen LogP contribution is 2.33. The molecule has 0 N–H and O–H groups in total. The van der Waals surface area contributed by atoms with Gasteiger partial charge in [0.25, 0.3) is 0 Å². The fourth-order valence-electron chi connectivity index (χ4n) is 2.88. The van der Waals surface area contributed by atoms with Crippen molar-refractivity contribution in [3.63, 3.8) is 0 Å². The van der Waals surface area contributed by atoms with Gasteiger partial charge in [-0.1, -0.05) is 54.6 Å². The molecule has 0 atom stereocenters. The number of methoxy groups -OCH3 is 1. The highest BCUT2D eigenvalue weighted by Gasteiger charge is 2.13. The molecule has 0 radical (unpaired) electrons. The van der Waals surface area contributed by atoms with E-state index in [0.29, 0.717) is 17.2 Å². The third-order valence-electron chi connectivity index (χ3n) is 4.17. The lowest BCUT2D eigenvalue weighted by atomic mass is 10.1. The zero-order chi connectivity index (χ0) is 18.6. The van der Waals surface area contributed by atoms with Crippen LogP contribution in [0.15, 0.2) is 78.9 Å². The average molecular weight is 356 g/mol. The van der Waals surface area contributed by atoms with Crippen molar-refractivity contribution in [2.45, 2.75) is 0 Å². The number of hydrogen-bond donors (Lipinski definition) is 0. The molecule has 4 rings (SSSR count). The first-order valence-electron chi connectivity index (χ1n) is 8.43. The van der Waals surface area contributed by atoms with Crippen LogP contribution in [0.5, 0.6) is 11.6 Å². The van der Waals surface area contributed by atoms with Crippen molar-refractivity contribution < 1.29 is 14.3 Å². The molecule has 0 saturated heterocycles. The lowest BCUT2D eigenvalue weighted by molar-refractivity contribution is 0.0600.